The van der Waals surface area contributed by atoms with Gasteiger partial charge in [-0.2, -0.15) is 0 Å². The van der Waals surface area contributed by atoms with Gasteiger partial charge in [0.15, 0.2) is 0 Å². The van der Waals surface area contributed by atoms with Gasteiger partial charge in [-0.25, -0.2) is 0 Å². The highest BCUT2D eigenvalue weighted by Crippen LogP contribution is 2.23. The Kier molecular flexibility index (Phi) is 7.11. The Bertz CT molecular complexity index is 1010. The quantitative estimate of drug-likeness (QED) is 0.544. The molecule has 0 saturated carbocycles. The van der Waals surface area contributed by atoms with Crippen molar-refractivity contribution in [1.29, 1.82) is 0 Å². The summed E-state index contributed by atoms with van der Waals surface area (Å²) in [4.78, 5) is 26.0. The van der Waals surface area contributed by atoms with Crippen LogP contribution < -0.4 is 24.8 Å². The van der Waals surface area contributed by atoms with Gasteiger partial charge in [0.2, 0.25) is 0 Å². The second-order valence-electron chi connectivity index (χ2n) is 6.56. The first-order valence-corrected chi connectivity index (χ1v) is 9.59. The van der Waals surface area contributed by atoms with E-state index in [1.807, 2.05) is 0 Å². The van der Waals surface area contributed by atoms with Crippen LogP contribution in [0.3, 0.4) is 0 Å². The first kappa shape index (κ1) is 21.7. The first-order chi connectivity index (χ1) is 15.1. The smallest absolute Gasteiger partial charge is 0.256 e. The molecule has 0 aliphatic heterocycles. The molecule has 0 unspecified atom stereocenters. The van der Waals surface area contributed by atoms with Crippen LogP contribution in [0.5, 0.6) is 17.2 Å². The van der Waals surface area contributed by atoms with Crippen molar-refractivity contribution in [1.82, 2.24) is 10.6 Å². The molecule has 3 rings (SSSR count). The Hall–Kier alpha value is -4.00. The van der Waals surface area contributed by atoms with E-state index >= 15 is 0 Å². The van der Waals surface area contributed by atoms with Crippen LogP contribution >= 0.6 is 0 Å². The minimum atomic E-state index is -0.829. The van der Waals surface area contributed by atoms with Gasteiger partial charge in [0.1, 0.15) is 23.4 Å². The Labute approximate surface area is 180 Å². The molecule has 0 spiro atoms. The summed E-state index contributed by atoms with van der Waals surface area (Å²) < 4.78 is 15.9. The topological polar surface area (TPSA) is 85.9 Å². The summed E-state index contributed by atoms with van der Waals surface area (Å²) in [7, 11) is 4.54. The minimum absolute atomic E-state index is 0.351. The number of para-hydroxylation sites is 2. The Morgan fingerprint density at radius 3 is 1.68 bits per heavy atom. The molecule has 0 bridgehead atoms. The molecule has 2 amide bonds. The molecule has 0 aliphatic carbocycles. The normalized spacial score (nSPS) is 10.3. The lowest BCUT2D eigenvalue weighted by atomic mass is 10.1. The number of hydrogen-bond acceptors (Lipinski definition) is 5. The molecule has 0 radical (unpaired) electrons. The maximum absolute atomic E-state index is 13.0. The summed E-state index contributed by atoms with van der Waals surface area (Å²) in [6, 6.07) is 20.8. The molecule has 0 heterocycles. The van der Waals surface area contributed by atoms with Crippen molar-refractivity contribution in [3.05, 3.63) is 89.5 Å². The molecule has 160 valence electrons. The van der Waals surface area contributed by atoms with Crippen LogP contribution in [0.15, 0.2) is 72.8 Å². The van der Waals surface area contributed by atoms with Gasteiger partial charge in [-0.05, 0) is 42.0 Å². The van der Waals surface area contributed by atoms with Crippen molar-refractivity contribution in [3.63, 3.8) is 0 Å². The summed E-state index contributed by atoms with van der Waals surface area (Å²) in [5.41, 5.74) is 1.35. The van der Waals surface area contributed by atoms with Gasteiger partial charge in [-0.3, -0.25) is 9.59 Å². The Balaban J connectivity index is 1.93. The van der Waals surface area contributed by atoms with Crippen LogP contribution in [0.1, 0.15) is 32.4 Å². The fourth-order valence-electron chi connectivity index (χ4n) is 3.11. The zero-order valence-corrected chi connectivity index (χ0v) is 17.5. The van der Waals surface area contributed by atoms with Gasteiger partial charge >= 0.3 is 0 Å². The van der Waals surface area contributed by atoms with E-state index in [-0.39, 0.29) is 0 Å². The van der Waals surface area contributed by atoms with Gasteiger partial charge < -0.3 is 24.8 Å². The average Bonchev–Trinajstić information content (AvgIpc) is 2.83. The van der Waals surface area contributed by atoms with Crippen LogP contribution in [0.2, 0.25) is 0 Å². The second-order valence-corrected chi connectivity index (χ2v) is 6.56. The van der Waals surface area contributed by atoms with Crippen LogP contribution in [-0.4, -0.2) is 33.1 Å². The minimum Gasteiger partial charge on any atom is -0.497 e. The molecule has 7 nitrogen and oxygen atoms in total. The van der Waals surface area contributed by atoms with Gasteiger partial charge in [-0.1, -0.05) is 36.4 Å². The van der Waals surface area contributed by atoms with Gasteiger partial charge in [0, 0.05) is 0 Å². The summed E-state index contributed by atoms with van der Waals surface area (Å²) >= 11 is 0. The SMILES string of the molecule is COc1cccc(C(NC(=O)c2ccccc2OC)NC(=O)c2ccccc2OC)c1. The zero-order chi connectivity index (χ0) is 22.2. The van der Waals surface area contributed by atoms with Crippen molar-refractivity contribution < 1.29 is 23.8 Å². The number of carbonyl (C=O) groups excluding carboxylic acids is 2. The highest BCUT2D eigenvalue weighted by Gasteiger charge is 2.22. The lowest BCUT2D eigenvalue weighted by Crippen LogP contribution is -2.41. The monoisotopic (exact) mass is 420 g/mol. The predicted octanol–water partition coefficient (Wildman–Crippen LogP) is 3.57. The predicted molar refractivity (Wildman–Crippen MR) is 117 cm³/mol. The van der Waals surface area contributed by atoms with E-state index < -0.39 is 18.0 Å². The molecule has 0 saturated heterocycles. The van der Waals surface area contributed by atoms with Crippen LogP contribution in [0.4, 0.5) is 0 Å². The number of carbonyl (C=O) groups is 2. The highest BCUT2D eigenvalue weighted by atomic mass is 16.5. The Morgan fingerprint density at radius 2 is 1.19 bits per heavy atom. The lowest BCUT2D eigenvalue weighted by molar-refractivity contribution is 0.0880. The number of rotatable bonds is 8. The number of amides is 2. The number of hydrogen-bond donors (Lipinski definition) is 2. The third-order valence-corrected chi connectivity index (χ3v) is 4.68. The maximum Gasteiger partial charge on any atom is 0.256 e. The van der Waals surface area contributed by atoms with Gasteiger partial charge in [0.05, 0.1) is 32.5 Å². The fourth-order valence-corrected chi connectivity index (χ4v) is 3.11. The van der Waals surface area contributed by atoms with E-state index in [0.29, 0.717) is 33.9 Å². The van der Waals surface area contributed by atoms with Crippen LogP contribution in [-0.2, 0) is 0 Å². The molecule has 0 aromatic heterocycles. The summed E-state index contributed by atoms with van der Waals surface area (Å²) in [6.07, 6.45) is -0.829. The van der Waals surface area contributed by atoms with E-state index in [0.717, 1.165) is 0 Å². The van der Waals surface area contributed by atoms with Crippen LogP contribution in [0.25, 0.3) is 0 Å². The van der Waals surface area contributed by atoms with E-state index in [1.165, 1.54) is 14.2 Å². The molecule has 3 aromatic rings. The molecule has 3 aromatic carbocycles. The molecule has 0 fully saturated rings. The largest absolute Gasteiger partial charge is 0.497 e. The molecule has 31 heavy (non-hydrogen) atoms. The van der Waals surface area contributed by atoms with E-state index in [9.17, 15) is 9.59 Å². The number of nitrogens with one attached hydrogen (secondary N) is 2. The van der Waals surface area contributed by atoms with E-state index in [1.54, 1.807) is 79.9 Å². The Morgan fingerprint density at radius 1 is 0.677 bits per heavy atom. The molecule has 0 aliphatic rings. The molecule has 7 heteroatoms. The van der Waals surface area contributed by atoms with Crippen molar-refractivity contribution in [2.45, 2.75) is 6.17 Å². The summed E-state index contributed by atoms with van der Waals surface area (Å²) in [5.74, 6) is 0.665. The lowest BCUT2D eigenvalue weighted by Gasteiger charge is -2.22. The first-order valence-electron chi connectivity index (χ1n) is 9.59. The summed E-state index contributed by atoms with van der Waals surface area (Å²) in [6.45, 7) is 0. The third kappa shape index (κ3) is 5.14. The van der Waals surface area contributed by atoms with E-state index in [4.69, 9.17) is 14.2 Å². The number of methoxy groups -OCH3 is 3. The zero-order valence-electron chi connectivity index (χ0n) is 17.5. The van der Waals surface area contributed by atoms with Crippen molar-refractivity contribution in [3.8, 4) is 17.2 Å². The van der Waals surface area contributed by atoms with Crippen LogP contribution in [0, 0.1) is 0 Å². The standard InChI is InChI=1S/C24H24N2O5/c1-29-17-10-8-9-16(15-17)22(25-23(27)18-11-4-6-13-20(18)30-2)26-24(28)19-12-5-7-14-21(19)31-3/h4-15,22H,1-3H3,(H,25,27)(H,26,28). The van der Waals surface area contributed by atoms with Gasteiger partial charge in [-0.15, -0.1) is 0 Å². The summed E-state index contributed by atoms with van der Waals surface area (Å²) in [5, 5.41) is 5.73. The molecular weight excluding hydrogens is 396 g/mol. The molecule has 2 N–H and O–H groups in total. The van der Waals surface area contributed by atoms with Crippen molar-refractivity contribution in [2.75, 3.05) is 21.3 Å². The fraction of sp³-hybridized carbons (Fsp3) is 0.167. The highest BCUT2D eigenvalue weighted by molar-refractivity contribution is 5.99. The molecular formula is C24H24N2O5. The number of ether oxygens (including phenoxy) is 3. The third-order valence-electron chi connectivity index (χ3n) is 4.68. The maximum atomic E-state index is 13.0. The molecule has 0 atom stereocenters. The second kappa shape index (κ2) is 10.2. The van der Waals surface area contributed by atoms with E-state index in [2.05, 4.69) is 10.6 Å². The van der Waals surface area contributed by atoms with Gasteiger partial charge in [0.25, 0.3) is 11.8 Å². The number of benzene rings is 3. The average molecular weight is 420 g/mol. The van der Waals surface area contributed by atoms with Crippen molar-refractivity contribution >= 4 is 11.8 Å². The van der Waals surface area contributed by atoms with Crippen molar-refractivity contribution in [2.24, 2.45) is 0 Å².